The average molecular weight is 460 g/mol. The standard InChI is InChI=1S/C18H17BrCl2N2O3/c1-3-25-16-8-11(7-13(19)17(16)26-4-2)10-22-23-18(24)12-5-6-14(20)15(21)9-12/h5-10H,3-4H2,1-2H3,(H,23,24)/b22-10-. The van der Waals surface area contributed by atoms with Gasteiger partial charge in [0.2, 0.25) is 0 Å². The van der Waals surface area contributed by atoms with Gasteiger partial charge in [-0.3, -0.25) is 4.79 Å². The van der Waals surface area contributed by atoms with Crippen molar-refractivity contribution < 1.29 is 14.3 Å². The molecular formula is C18H17BrCl2N2O3. The first-order valence-corrected chi connectivity index (χ1v) is 9.38. The van der Waals surface area contributed by atoms with Gasteiger partial charge >= 0.3 is 0 Å². The Morgan fingerprint density at radius 3 is 2.54 bits per heavy atom. The van der Waals surface area contributed by atoms with Crippen molar-refractivity contribution in [3.63, 3.8) is 0 Å². The van der Waals surface area contributed by atoms with E-state index in [0.29, 0.717) is 40.3 Å². The molecule has 2 aromatic carbocycles. The fourth-order valence-electron chi connectivity index (χ4n) is 2.08. The molecule has 0 fully saturated rings. The van der Waals surface area contributed by atoms with Gasteiger partial charge in [-0.2, -0.15) is 5.10 Å². The molecule has 0 spiro atoms. The first-order valence-electron chi connectivity index (χ1n) is 7.83. The molecule has 2 rings (SSSR count). The van der Waals surface area contributed by atoms with Crippen LogP contribution < -0.4 is 14.9 Å². The summed E-state index contributed by atoms with van der Waals surface area (Å²) in [5, 5.41) is 4.66. The van der Waals surface area contributed by atoms with Crippen LogP contribution in [-0.4, -0.2) is 25.3 Å². The second-order valence-corrected chi connectivity index (χ2v) is 6.69. The topological polar surface area (TPSA) is 59.9 Å². The number of hydrazone groups is 1. The fourth-order valence-corrected chi connectivity index (χ4v) is 2.95. The molecule has 1 amide bonds. The molecule has 0 aliphatic rings. The predicted octanol–water partition coefficient (Wildman–Crippen LogP) is 5.32. The van der Waals surface area contributed by atoms with E-state index in [4.69, 9.17) is 32.7 Å². The van der Waals surface area contributed by atoms with Crippen LogP contribution in [0.15, 0.2) is 39.9 Å². The number of ether oxygens (including phenoxy) is 2. The summed E-state index contributed by atoms with van der Waals surface area (Å²) in [7, 11) is 0. The number of nitrogens with zero attached hydrogens (tertiary/aromatic N) is 1. The summed E-state index contributed by atoms with van der Waals surface area (Å²) in [4.78, 5) is 12.1. The quantitative estimate of drug-likeness (QED) is 0.450. The molecule has 26 heavy (non-hydrogen) atoms. The molecule has 0 aromatic heterocycles. The Balaban J connectivity index is 2.14. The Morgan fingerprint density at radius 1 is 1.15 bits per heavy atom. The van der Waals surface area contributed by atoms with Gasteiger partial charge in [-0.05, 0) is 65.7 Å². The normalized spacial score (nSPS) is 10.8. The Labute approximate surface area is 170 Å². The van der Waals surface area contributed by atoms with Crippen molar-refractivity contribution in [1.29, 1.82) is 0 Å². The van der Waals surface area contributed by atoms with Gasteiger partial charge in [-0.25, -0.2) is 5.43 Å². The van der Waals surface area contributed by atoms with Crippen molar-refractivity contribution in [1.82, 2.24) is 5.43 Å². The number of halogens is 3. The molecule has 0 saturated heterocycles. The van der Waals surface area contributed by atoms with Gasteiger partial charge in [0, 0.05) is 5.56 Å². The lowest BCUT2D eigenvalue weighted by atomic mass is 10.2. The summed E-state index contributed by atoms with van der Waals surface area (Å²) in [6, 6.07) is 8.21. The molecule has 0 bridgehead atoms. The minimum absolute atomic E-state index is 0.306. The van der Waals surface area contributed by atoms with Crippen LogP contribution in [-0.2, 0) is 0 Å². The number of carbonyl (C=O) groups is 1. The molecular weight excluding hydrogens is 443 g/mol. The molecule has 1 N–H and O–H groups in total. The van der Waals surface area contributed by atoms with Crippen LogP contribution in [0.4, 0.5) is 0 Å². The van der Waals surface area contributed by atoms with Crippen LogP contribution in [0, 0.1) is 0 Å². The minimum atomic E-state index is -0.394. The molecule has 0 aliphatic carbocycles. The Kier molecular flexibility index (Phi) is 7.75. The lowest BCUT2D eigenvalue weighted by Gasteiger charge is -2.13. The van der Waals surface area contributed by atoms with E-state index in [0.717, 1.165) is 10.0 Å². The maximum absolute atomic E-state index is 12.1. The van der Waals surface area contributed by atoms with Crippen molar-refractivity contribution in [2.75, 3.05) is 13.2 Å². The van der Waals surface area contributed by atoms with E-state index in [1.165, 1.54) is 12.3 Å². The first kappa shape index (κ1) is 20.6. The average Bonchev–Trinajstić information content (AvgIpc) is 2.60. The molecule has 0 unspecified atom stereocenters. The van der Waals surface area contributed by atoms with E-state index in [1.54, 1.807) is 18.2 Å². The van der Waals surface area contributed by atoms with Crippen molar-refractivity contribution >= 4 is 51.3 Å². The van der Waals surface area contributed by atoms with Gasteiger partial charge in [-0.1, -0.05) is 23.2 Å². The second kappa shape index (κ2) is 9.80. The first-order chi connectivity index (χ1) is 12.5. The lowest BCUT2D eigenvalue weighted by molar-refractivity contribution is 0.0955. The Morgan fingerprint density at radius 2 is 1.88 bits per heavy atom. The number of nitrogens with one attached hydrogen (secondary N) is 1. The Bertz CT molecular complexity index is 828. The SMILES string of the molecule is CCOc1cc(/C=N\NC(=O)c2ccc(Cl)c(Cl)c2)cc(Br)c1OCC. The summed E-state index contributed by atoms with van der Waals surface area (Å²) in [6.45, 7) is 4.81. The van der Waals surface area contributed by atoms with Crippen LogP contribution in [0.5, 0.6) is 11.5 Å². The van der Waals surface area contributed by atoms with Gasteiger partial charge < -0.3 is 9.47 Å². The van der Waals surface area contributed by atoms with Crippen molar-refractivity contribution in [2.45, 2.75) is 13.8 Å². The zero-order valence-electron chi connectivity index (χ0n) is 14.2. The zero-order chi connectivity index (χ0) is 19.1. The zero-order valence-corrected chi connectivity index (χ0v) is 17.3. The third-order valence-corrected chi connectivity index (χ3v) is 4.51. The van der Waals surface area contributed by atoms with Crippen LogP contribution >= 0.6 is 39.1 Å². The van der Waals surface area contributed by atoms with Crippen LogP contribution in [0.2, 0.25) is 10.0 Å². The summed E-state index contributed by atoms with van der Waals surface area (Å²) >= 11 is 15.2. The molecule has 138 valence electrons. The van der Waals surface area contributed by atoms with Gasteiger partial charge in [0.05, 0.1) is 33.9 Å². The third-order valence-electron chi connectivity index (χ3n) is 3.18. The largest absolute Gasteiger partial charge is 0.490 e. The number of rotatable bonds is 7. The van der Waals surface area contributed by atoms with Gasteiger partial charge in [0.15, 0.2) is 11.5 Å². The minimum Gasteiger partial charge on any atom is -0.490 e. The van der Waals surface area contributed by atoms with Crippen molar-refractivity contribution in [3.05, 3.63) is 56.0 Å². The predicted molar refractivity (Wildman–Crippen MR) is 108 cm³/mol. The number of amides is 1. The second-order valence-electron chi connectivity index (χ2n) is 5.02. The molecule has 0 radical (unpaired) electrons. The molecule has 0 aliphatic heterocycles. The lowest BCUT2D eigenvalue weighted by Crippen LogP contribution is -2.17. The number of hydrogen-bond acceptors (Lipinski definition) is 4. The van der Waals surface area contributed by atoms with Gasteiger partial charge in [0.1, 0.15) is 0 Å². The molecule has 2 aromatic rings. The smallest absolute Gasteiger partial charge is 0.271 e. The van der Waals surface area contributed by atoms with Crippen LogP contribution in [0.1, 0.15) is 29.8 Å². The molecule has 0 atom stereocenters. The highest BCUT2D eigenvalue weighted by Gasteiger charge is 2.11. The Hall–Kier alpha value is -1.76. The van der Waals surface area contributed by atoms with Crippen molar-refractivity contribution in [3.8, 4) is 11.5 Å². The van der Waals surface area contributed by atoms with Crippen molar-refractivity contribution in [2.24, 2.45) is 5.10 Å². The maximum atomic E-state index is 12.1. The third kappa shape index (κ3) is 5.37. The maximum Gasteiger partial charge on any atom is 0.271 e. The summed E-state index contributed by atoms with van der Waals surface area (Å²) < 4.78 is 11.9. The van der Waals surface area contributed by atoms with Gasteiger partial charge in [-0.15, -0.1) is 0 Å². The highest BCUT2D eigenvalue weighted by molar-refractivity contribution is 9.10. The molecule has 8 heteroatoms. The number of carbonyl (C=O) groups excluding carboxylic acids is 1. The fraction of sp³-hybridized carbons (Fsp3) is 0.222. The highest BCUT2D eigenvalue weighted by atomic mass is 79.9. The molecule has 0 heterocycles. The van der Waals surface area contributed by atoms with E-state index < -0.39 is 5.91 Å². The van der Waals surface area contributed by atoms with Crippen LogP contribution in [0.3, 0.4) is 0 Å². The van der Waals surface area contributed by atoms with E-state index in [9.17, 15) is 4.79 Å². The molecule has 0 saturated carbocycles. The van der Waals surface area contributed by atoms with Gasteiger partial charge in [0.25, 0.3) is 5.91 Å². The van der Waals surface area contributed by atoms with E-state index in [-0.39, 0.29) is 0 Å². The summed E-state index contributed by atoms with van der Waals surface area (Å²) in [5.74, 6) is 0.835. The summed E-state index contributed by atoms with van der Waals surface area (Å²) in [6.07, 6.45) is 1.51. The van der Waals surface area contributed by atoms with E-state index in [2.05, 4.69) is 26.5 Å². The summed E-state index contributed by atoms with van der Waals surface area (Å²) in [5.41, 5.74) is 3.54. The monoisotopic (exact) mass is 458 g/mol. The molecule has 5 nitrogen and oxygen atoms in total. The highest BCUT2D eigenvalue weighted by Crippen LogP contribution is 2.36. The van der Waals surface area contributed by atoms with Crippen LogP contribution in [0.25, 0.3) is 0 Å². The number of hydrogen-bond donors (Lipinski definition) is 1. The number of benzene rings is 2. The van der Waals surface area contributed by atoms with E-state index >= 15 is 0 Å². The van der Waals surface area contributed by atoms with E-state index in [1.807, 2.05) is 19.9 Å².